The third kappa shape index (κ3) is 7.13. The molecule has 20 heavy (non-hydrogen) atoms. The number of amides is 1. The summed E-state index contributed by atoms with van der Waals surface area (Å²) in [5.74, 6) is 0.783. The third-order valence-electron chi connectivity index (χ3n) is 3.54. The average molecular weight is 284 g/mol. The van der Waals surface area contributed by atoms with Crippen molar-refractivity contribution in [1.82, 2.24) is 10.2 Å². The summed E-state index contributed by atoms with van der Waals surface area (Å²) in [5, 5.41) is 3.61. The van der Waals surface area contributed by atoms with Crippen LogP contribution in [-0.2, 0) is 4.74 Å². The fourth-order valence-corrected chi connectivity index (χ4v) is 2.41. The molecule has 0 saturated carbocycles. The van der Waals surface area contributed by atoms with Gasteiger partial charge in [-0.2, -0.15) is 0 Å². The predicted molar refractivity (Wildman–Crippen MR) is 82.9 cm³/mol. The highest BCUT2D eigenvalue weighted by molar-refractivity contribution is 5.68. The van der Waals surface area contributed by atoms with E-state index in [-0.39, 0.29) is 6.09 Å². The molecule has 0 unspecified atom stereocenters. The van der Waals surface area contributed by atoms with Gasteiger partial charge in [-0.05, 0) is 58.9 Å². The van der Waals surface area contributed by atoms with Gasteiger partial charge in [0.05, 0.1) is 0 Å². The number of ether oxygens (including phenoxy) is 1. The van der Waals surface area contributed by atoms with Gasteiger partial charge in [0.2, 0.25) is 0 Å². The first kappa shape index (κ1) is 17.3. The van der Waals surface area contributed by atoms with E-state index in [0.29, 0.717) is 6.04 Å². The first-order valence-corrected chi connectivity index (χ1v) is 7.99. The monoisotopic (exact) mass is 284 g/mol. The summed E-state index contributed by atoms with van der Waals surface area (Å²) < 4.78 is 5.40. The van der Waals surface area contributed by atoms with Gasteiger partial charge in [-0.15, -0.1) is 0 Å². The third-order valence-corrected chi connectivity index (χ3v) is 3.54. The molecule has 4 heteroatoms. The van der Waals surface area contributed by atoms with E-state index in [1.807, 2.05) is 25.7 Å². The van der Waals surface area contributed by atoms with Crippen LogP contribution in [0.4, 0.5) is 4.79 Å². The molecule has 1 fully saturated rings. The van der Waals surface area contributed by atoms with Crippen molar-refractivity contribution < 1.29 is 9.53 Å². The number of hydrogen-bond acceptors (Lipinski definition) is 3. The highest BCUT2D eigenvalue weighted by atomic mass is 16.6. The van der Waals surface area contributed by atoms with E-state index in [1.54, 1.807) is 0 Å². The van der Waals surface area contributed by atoms with Gasteiger partial charge >= 0.3 is 6.09 Å². The lowest BCUT2D eigenvalue weighted by atomic mass is 10.0. The fraction of sp³-hybridized carbons (Fsp3) is 0.938. The molecule has 0 aromatic heterocycles. The van der Waals surface area contributed by atoms with Crippen molar-refractivity contribution >= 4 is 6.09 Å². The smallest absolute Gasteiger partial charge is 0.410 e. The van der Waals surface area contributed by atoms with Crippen molar-refractivity contribution in [2.45, 2.75) is 71.9 Å². The quantitative estimate of drug-likeness (QED) is 0.787. The SMILES string of the molecule is CC(C)CCCNC1CCN(C(=O)OC(C)(C)C)CC1. The number of carbonyl (C=O) groups excluding carboxylic acids is 1. The lowest BCUT2D eigenvalue weighted by molar-refractivity contribution is 0.0198. The summed E-state index contributed by atoms with van der Waals surface area (Å²) in [4.78, 5) is 13.8. The molecule has 0 radical (unpaired) electrons. The Balaban J connectivity index is 2.18. The van der Waals surface area contributed by atoms with Crippen LogP contribution in [0.2, 0.25) is 0 Å². The van der Waals surface area contributed by atoms with Gasteiger partial charge in [0.15, 0.2) is 0 Å². The minimum Gasteiger partial charge on any atom is -0.444 e. The molecule has 1 amide bonds. The zero-order chi connectivity index (χ0) is 15.2. The normalized spacial score (nSPS) is 17.6. The Morgan fingerprint density at radius 2 is 1.90 bits per heavy atom. The molecule has 1 N–H and O–H groups in total. The van der Waals surface area contributed by atoms with Gasteiger partial charge in [-0.1, -0.05) is 13.8 Å². The van der Waals surface area contributed by atoms with E-state index in [0.717, 1.165) is 38.4 Å². The van der Waals surface area contributed by atoms with Gasteiger partial charge in [-0.3, -0.25) is 0 Å². The maximum Gasteiger partial charge on any atom is 0.410 e. The standard InChI is InChI=1S/C16H32N2O2/c1-13(2)7-6-10-17-14-8-11-18(12-9-14)15(19)20-16(3,4)5/h13-14,17H,6-12H2,1-5H3. The van der Waals surface area contributed by atoms with E-state index in [1.165, 1.54) is 12.8 Å². The average Bonchev–Trinajstić information content (AvgIpc) is 2.33. The Kier molecular flexibility index (Phi) is 6.80. The van der Waals surface area contributed by atoms with Crippen molar-refractivity contribution in [3.05, 3.63) is 0 Å². The van der Waals surface area contributed by atoms with E-state index in [2.05, 4.69) is 19.2 Å². The second-order valence-corrected chi connectivity index (χ2v) is 7.23. The largest absolute Gasteiger partial charge is 0.444 e. The van der Waals surface area contributed by atoms with Crippen LogP contribution in [0.15, 0.2) is 0 Å². The van der Waals surface area contributed by atoms with Crippen LogP contribution >= 0.6 is 0 Å². The van der Waals surface area contributed by atoms with Crippen LogP contribution in [-0.4, -0.2) is 42.3 Å². The zero-order valence-electron chi connectivity index (χ0n) is 13.9. The molecule has 0 spiro atoms. The molecule has 0 aliphatic carbocycles. The van der Waals surface area contributed by atoms with Gasteiger partial charge in [0.25, 0.3) is 0 Å². The molecule has 1 rings (SSSR count). The number of likely N-dealkylation sites (tertiary alicyclic amines) is 1. The van der Waals surface area contributed by atoms with Gasteiger partial charge in [-0.25, -0.2) is 4.79 Å². The second kappa shape index (κ2) is 7.87. The summed E-state index contributed by atoms with van der Waals surface area (Å²) in [6.45, 7) is 13.0. The number of nitrogens with zero attached hydrogens (tertiary/aromatic N) is 1. The number of nitrogens with one attached hydrogen (secondary N) is 1. The lowest BCUT2D eigenvalue weighted by Crippen LogP contribution is -2.46. The maximum atomic E-state index is 11.9. The predicted octanol–water partition coefficient (Wildman–Crippen LogP) is 3.41. The summed E-state index contributed by atoms with van der Waals surface area (Å²) in [6, 6.07) is 0.556. The van der Waals surface area contributed by atoms with Crippen LogP contribution in [0.1, 0.15) is 60.3 Å². The van der Waals surface area contributed by atoms with Crippen LogP contribution < -0.4 is 5.32 Å². The van der Waals surface area contributed by atoms with Crippen molar-refractivity contribution in [2.24, 2.45) is 5.92 Å². The summed E-state index contributed by atoms with van der Waals surface area (Å²) >= 11 is 0. The number of rotatable bonds is 5. The summed E-state index contributed by atoms with van der Waals surface area (Å²) in [5.41, 5.74) is -0.400. The highest BCUT2D eigenvalue weighted by Crippen LogP contribution is 2.15. The number of piperidine rings is 1. The first-order valence-electron chi connectivity index (χ1n) is 7.99. The van der Waals surface area contributed by atoms with Gasteiger partial charge in [0, 0.05) is 19.1 Å². The van der Waals surface area contributed by atoms with Crippen molar-refractivity contribution in [3.8, 4) is 0 Å². The van der Waals surface area contributed by atoms with Crippen molar-refractivity contribution in [3.63, 3.8) is 0 Å². The van der Waals surface area contributed by atoms with E-state index in [4.69, 9.17) is 4.74 Å². The van der Waals surface area contributed by atoms with Crippen LogP contribution in [0.25, 0.3) is 0 Å². The molecule has 118 valence electrons. The molecule has 4 nitrogen and oxygen atoms in total. The Morgan fingerprint density at radius 1 is 1.30 bits per heavy atom. The molecule has 0 aromatic rings. The lowest BCUT2D eigenvalue weighted by Gasteiger charge is -2.33. The van der Waals surface area contributed by atoms with Crippen molar-refractivity contribution in [2.75, 3.05) is 19.6 Å². The molecule has 0 bridgehead atoms. The number of carbonyl (C=O) groups is 1. The van der Waals surface area contributed by atoms with E-state index < -0.39 is 5.60 Å². The Labute approximate surface area is 124 Å². The molecule has 1 heterocycles. The molecule has 1 aliphatic heterocycles. The second-order valence-electron chi connectivity index (χ2n) is 7.23. The minimum absolute atomic E-state index is 0.171. The number of hydrogen-bond donors (Lipinski definition) is 1. The minimum atomic E-state index is -0.400. The summed E-state index contributed by atoms with van der Waals surface area (Å²) in [7, 11) is 0. The topological polar surface area (TPSA) is 41.6 Å². The van der Waals surface area contributed by atoms with E-state index in [9.17, 15) is 4.79 Å². The molecular formula is C16H32N2O2. The van der Waals surface area contributed by atoms with E-state index >= 15 is 0 Å². The molecule has 1 saturated heterocycles. The van der Waals surface area contributed by atoms with Gasteiger partial charge in [0.1, 0.15) is 5.60 Å². The van der Waals surface area contributed by atoms with Crippen LogP contribution in [0.3, 0.4) is 0 Å². The molecular weight excluding hydrogens is 252 g/mol. The van der Waals surface area contributed by atoms with Crippen LogP contribution in [0.5, 0.6) is 0 Å². The maximum absolute atomic E-state index is 11.9. The Hall–Kier alpha value is -0.770. The zero-order valence-corrected chi connectivity index (χ0v) is 13.9. The molecule has 0 atom stereocenters. The van der Waals surface area contributed by atoms with Gasteiger partial charge < -0.3 is 15.0 Å². The summed E-state index contributed by atoms with van der Waals surface area (Å²) in [6.07, 6.45) is 4.41. The highest BCUT2D eigenvalue weighted by Gasteiger charge is 2.26. The fourth-order valence-electron chi connectivity index (χ4n) is 2.41. The van der Waals surface area contributed by atoms with Crippen LogP contribution in [0, 0.1) is 5.92 Å². The first-order chi connectivity index (χ1) is 9.28. The van der Waals surface area contributed by atoms with Crippen molar-refractivity contribution in [1.29, 1.82) is 0 Å². The molecule has 1 aliphatic rings. The molecule has 0 aromatic carbocycles. The Bertz CT molecular complexity index is 289. The Morgan fingerprint density at radius 3 is 2.40 bits per heavy atom.